The van der Waals surface area contributed by atoms with Crippen molar-refractivity contribution >= 4 is 11.5 Å². The van der Waals surface area contributed by atoms with Crippen molar-refractivity contribution in [3.8, 4) is 22.9 Å². The highest BCUT2D eigenvalue weighted by Gasteiger charge is 2.33. The second-order valence-electron chi connectivity index (χ2n) is 6.00. The molecule has 1 aromatic heterocycles. The molecule has 0 spiro atoms. The van der Waals surface area contributed by atoms with Gasteiger partial charge in [0.15, 0.2) is 11.5 Å². The standard InChI is InChI=1S/C19H17N3O6/c1-11-20-19(21-28-11)13-10-15(27-2)18(24)17(22(25)26)16(13)14(23)9-8-12-6-4-3-5-7-12/h3-7,10,24H,8-9H2,1-2H3. The Labute approximate surface area is 159 Å². The molecular weight excluding hydrogens is 366 g/mol. The van der Waals surface area contributed by atoms with E-state index in [1.165, 1.54) is 13.2 Å². The van der Waals surface area contributed by atoms with Gasteiger partial charge in [-0.15, -0.1) is 0 Å². The number of benzene rings is 2. The molecule has 0 aliphatic carbocycles. The first-order chi connectivity index (χ1) is 13.4. The summed E-state index contributed by atoms with van der Waals surface area (Å²) in [5.41, 5.74) is -0.0423. The maximum atomic E-state index is 13.0. The Morgan fingerprint density at radius 3 is 2.61 bits per heavy atom. The first kappa shape index (κ1) is 19.0. The number of hydrogen-bond acceptors (Lipinski definition) is 8. The molecule has 0 aliphatic heterocycles. The van der Waals surface area contributed by atoms with Crippen LogP contribution in [0.25, 0.3) is 11.4 Å². The van der Waals surface area contributed by atoms with E-state index in [0.717, 1.165) is 5.56 Å². The van der Waals surface area contributed by atoms with Crippen LogP contribution < -0.4 is 4.74 Å². The Balaban J connectivity index is 2.12. The molecule has 0 unspecified atom stereocenters. The van der Waals surface area contributed by atoms with Gasteiger partial charge in [0.1, 0.15) is 5.56 Å². The lowest BCUT2D eigenvalue weighted by molar-refractivity contribution is -0.386. The topological polar surface area (TPSA) is 129 Å². The Morgan fingerprint density at radius 1 is 1.32 bits per heavy atom. The molecule has 28 heavy (non-hydrogen) atoms. The summed E-state index contributed by atoms with van der Waals surface area (Å²) < 4.78 is 9.96. The fourth-order valence-corrected chi connectivity index (χ4v) is 2.86. The Kier molecular flexibility index (Phi) is 5.35. The molecule has 9 nitrogen and oxygen atoms in total. The number of ether oxygens (including phenoxy) is 1. The highest BCUT2D eigenvalue weighted by atomic mass is 16.6. The monoisotopic (exact) mass is 383 g/mol. The molecule has 0 amide bonds. The third-order valence-corrected chi connectivity index (χ3v) is 4.17. The highest BCUT2D eigenvalue weighted by Crippen LogP contribution is 2.44. The number of aryl methyl sites for hydroxylation is 2. The van der Waals surface area contributed by atoms with E-state index in [9.17, 15) is 20.0 Å². The van der Waals surface area contributed by atoms with Crippen molar-refractivity contribution in [2.75, 3.05) is 7.11 Å². The SMILES string of the molecule is COc1cc(-c2noc(C)n2)c(C(=O)CCc2ccccc2)c([N+](=O)[O-])c1O. The zero-order valence-electron chi connectivity index (χ0n) is 15.2. The van der Waals surface area contributed by atoms with E-state index in [4.69, 9.17) is 9.26 Å². The predicted molar refractivity (Wildman–Crippen MR) is 98.4 cm³/mol. The van der Waals surface area contributed by atoms with Crippen molar-refractivity contribution in [1.82, 2.24) is 10.1 Å². The van der Waals surface area contributed by atoms with Crippen LogP contribution in [0.15, 0.2) is 40.9 Å². The maximum absolute atomic E-state index is 13.0. The molecule has 2 aromatic carbocycles. The number of nitro groups is 1. The number of aromatic nitrogens is 2. The summed E-state index contributed by atoms with van der Waals surface area (Å²) in [6, 6.07) is 10.5. The molecule has 1 N–H and O–H groups in total. The molecule has 9 heteroatoms. The van der Waals surface area contributed by atoms with Crippen LogP contribution in [0.4, 0.5) is 5.69 Å². The van der Waals surface area contributed by atoms with Gasteiger partial charge in [-0.2, -0.15) is 4.98 Å². The molecule has 144 valence electrons. The zero-order chi connectivity index (χ0) is 20.3. The lowest BCUT2D eigenvalue weighted by Gasteiger charge is -2.11. The van der Waals surface area contributed by atoms with Crippen LogP contribution in [0, 0.1) is 17.0 Å². The van der Waals surface area contributed by atoms with Crippen molar-refractivity contribution in [3.63, 3.8) is 0 Å². The largest absolute Gasteiger partial charge is 0.499 e. The van der Waals surface area contributed by atoms with Crippen molar-refractivity contribution < 1.29 is 24.1 Å². The number of carbonyl (C=O) groups excluding carboxylic acids is 1. The number of phenolic OH excluding ortho intramolecular Hbond substituents is 1. The van der Waals surface area contributed by atoms with Crippen LogP contribution in [0.3, 0.4) is 0 Å². The lowest BCUT2D eigenvalue weighted by atomic mass is 9.95. The number of ketones is 1. The number of aromatic hydroxyl groups is 1. The van der Waals surface area contributed by atoms with Gasteiger partial charge in [0, 0.05) is 18.9 Å². The summed E-state index contributed by atoms with van der Waals surface area (Å²) in [5, 5.41) is 25.7. The molecule has 0 bridgehead atoms. The number of Topliss-reactive ketones (excluding diaryl/α,β-unsaturated/α-hetero) is 1. The summed E-state index contributed by atoms with van der Waals surface area (Å²) in [6.07, 6.45) is 0.384. The van der Waals surface area contributed by atoms with E-state index in [-0.39, 0.29) is 35.0 Å². The number of rotatable bonds is 7. The summed E-state index contributed by atoms with van der Waals surface area (Å²) >= 11 is 0. The Bertz CT molecular complexity index is 1030. The molecular formula is C19H17N3O6. The van der Waals surface area contributed by atoms with E-state index in [1.54, 1.807) is 6.92 Å². The van der Waals surface area contributed by atoms with Gasteiger partial charge in [0.2, 0.25) is 17.5 Å². The normalized spacial score (nSPS) is 10.6. The predicted octanol–water partition coefficient (Wildman–Crippen LogP) is 3.48. The van der Waals surface area contributed by atoms with E-state index in [1.807, 2.05) is 30.3 Å². The first-order valence-corrected chi connectivity index (χ1v) is 8.38. The van der Waals surface area contributed by atoms with Crippen LogP contribution in [0.5, 0.6) is 11.5 Å². The van der Waals surface area contributed by atoms with Gasteiger partial charge in [-0.25, -0.2) is 0 Å². The van der Waals surface area contributed by atoms with Crippen LogP contribution >= 0.6 is 0 Å². The van der Waals surface area contributed by atoms with Gasteiger partial charge in [-0.05, 0) is 18.1 Å². The van der Waals surface area contributed by atoms with E-state index >= 15 is 0 Å². The van der Waals surface area contributed by atoms with E-state index < -0.39 is 22.1 Å². The Hall–Kier alpha value is -3.75. The number of hydrogen-bond donors (Lipinski definition) is 1. The quantitative estimate of drug-likeness (QED) is 0.373. The molecule has 0 radical (unpaired) electrons. The fourth-order valence-electron chi connectivity index (χ4n) is 2.86. The van der Waals surface area contributed by atoms with Crippen LogP contribution in [-0.4, -0.2) is 33.1 Å². The highest BCUT2D eigenvalue weighted by molar-refractivity contribution is 6.07. The van der Waals surface area contributed by atoms with Gasteiger partial charge < -0.3 is 14.4 Å². The molecule has 0 aliphatic rings. The Morgan fingerprint density at radius 2 is 2.04 bits per heavy atom. The van der Waals surface area contributed by atoms with Crippen molar-refractivity contribution in [2.24, 2.45) is 0 Å². The van der Waals surface area contributed by atoms with Crippen LogP contribution in [0.2, 0.25) is 0 Å². The number of phenols is 1. The number of nitrogens with zero attached hydrogens (tertiary/aromatic N) is 3. The number of carbonyl (C=O) groups is 1. The van der Waals surface area contributed by atoms with E-state index in [0.29, 0.717) is 6.42 Å². The first-order valence-electron chi connectivity index (χ1n) is 8.38. The summed E-state index contributed by atoms with van der Waals surface area (Å²) in [7, 11) is 1.25. The van der Waals surface area contributed by atoms with Gasteiger partial charge >= 0.3 is 5.69 Å². The van der Waals surface area contributed by atoms with Crippen molar-refractivity contribution in [2.45, 2.75) is 19.8 Å². The van der Waals surface area contributed by atoms with Crippen LogP contribution in [-0.2, 0) is 6.42 Å². The summed E-state index contributed by atoms with van der Waals surface area (Å²) in [5.74, 6) is -1.18. The molecule has 0 saturated carbocycles. The number of methoxy groups -OCH3 is 1. The smallest absolute Gasteiger partial charge is 0.326 e. The second kappa shape index (κ2) is 7.87. The minimum absolute atomic E-state index is 0.000452. The van der Waals surface area contributed by atoms with Gasteiger partial charge in [-0.3, -0.25) is 14.9 Å². The lowest BCUT2D eigenvalue weighted by Crippen LogP contribution is -2.09. The van der Waals surface area contributed by atoms with Gasteiger partial charge in [0.25, 0.3) is 0 Å². The average Bonchev–Trinajstić information content (AvgIpc) is 3.12. The summed E-state index contributed by atoms with van der Waals surface area (Å²) in [6.45, 7) is 1.56. The van der Waals surface area contributed by atoms with Crippen LogP contribution in [0.1, 0.15) is 28.2 Å². The molecule has 1 heterocycles. The molecule has 0 atom stereocenters. The molecule has 3 aromatic rings. The third kappa shape index (κ3) is 3.68. The maximum Gasteiger partial charge on any atom is 0.326 e. The molecule has 3 rings (SSSR count). The third-order valence-electron chi connectivity index (χ3n) is 4.17. The summed E-state index contributed by atoms with van der Waals surface area (Å²) in [4.78, 5) is 27.8. The fraction of sp³-hybridized carbons (Fsp3) is 0.211. The van der Waals surface area contributed by atoms with Gasteiger partial charge in [0.05, 0.1) is 12.0 Å². The van der Waals surface area contributed by atoms with Gasteiger partial charge in [-0.1, -0.05) is 35.5 Å². The minimum atomic E-state index is -0.815. The minimum Gasteiger partial charge on any atom is -0.499 e. The van der Waals surface area contributed by atoms with E-state index in [2.05, 4.69) is 10.1 Å². The zero-order valence-corrected chi connectivity index (χ0v) is 15.2. The molecule has 0 fully saturated rings. The number of nitro benzene ring substituents is 1. The van der Waals surface area contributed by atoms with Crippen molar-refractivity contribution in [1.29, 1.82) is 0 Å². The van der Waals surface area contributed by atoms with Crippen molar-refractivity contribution in [3.05, 3.63) is 63.5 Å². The second-order valence-corrected chi connectivity index (χ2v) is 6.00. The average molecular weight is 383 g/mol. The molecule has 0 saturated heterocycles.